The Morgan fingerprint density at radius 3 is 2.57 bits per heavy atom. The average Bonchev–Trinajstić information content (AvgIpc) is 2.67. The first-order valence-electron chi connectivity index (χ1n) is 9.71. The van der Waals surface area contributed by atoms with Crippen LogP contribution in [0.25, 0.3) is 5.32 Å². The van der Waals surface area contributed by atoms with Crippen molar-refractivity contribution in [2.75, 3.05) is 39.7 Å². The molecule has 0 aromatic heterocycles. The summed E-state index contributed by atoms with van der Waals surface area (Å²) < 4.78 is 8.94. The maximum atomic E-state index is 6.39. The van der Waals surface area contributed by atoms with Crippen molar-refractivity contribution < 1.29 is 56.1 Å². The number of anilines is 1. The van der Waals surface area contributed by atoms with Crippen LogP contribution < -0.4 is 71.5 Å². The Morgan fingerprint density at radius 1 is 1.23 bits per heavy atom. The van der Waals surface area contributed by atoms with Crippen molar-refractivity contribution in [1.82, 2.24) is 4.72 Å². The molecule has 3 N–H and O–H groups in total. The van der Waals surface area contributed by atoms with Crippen molar-refractivity contribution in [3.05, 3.63) is 47.3 Å². The molecule has 2 aromatic carbocycles. The van der Waals surface area contributed by atoms with E-state index in [9.17, 15) is 0 Å². The quantitative estimate of drug-likeness (QED) is 0.249. The minimum Gasteiger partial charge on any atom is -0.686 e. The monoisotopic (exact) mass is 453 g/mol. The third-order valence-electron chi connectivity index (χ3n) is 4.34. The first-order valence-corrected chi connectivity index (χ1v) is 10.5. The fourth-order valence-electron chi connectivity index (χ4n) is 2.76. The molecule has 0 aliphatic carbocycles. The van der Waals surface area contributed by atoms with Crippen LogP contribution in [0, 0.1) is 5.92 Å². The summed E-state index contributed by atoms with van der Waals surface area (Å²) in [4.78, 5) is 7.82. The number of nitrogens with two attached hydrogens (primary N) is 1. The Bertz CT molecular complexity index is 842. The molecule has 0 aliphatic rings. The van der Waals surface area contributed by atoms with Gasteiger partial charge in [0.2, 0.25) is 0 Å². The molecule has 0 fully saturated rings. The molecule has 0 atom stereocenters. The summed E-state index contributed by atoms with van der Waals surface area (Å²) >= 11 is 1.54. The van der Waals surface area contributed by atoms with Gasteiger partial charge < -0.3 is 20.7 Å². The molecule has 158 valence electrons. The Kier molecular flexibility index (Phi) is 12.4. The van der Waals surface area contributed by atoms with Gasteiger partial charge >= 0.3 is 51.4 Å². The van der Waals surface area contributed by atoms with E-state index in [0.717, 1.165) is 39.7 Å². The van der Waals surface area contributed by atoms with E-state index in [-0.39, 0.29) is 51.4 Å². The van der Waals surface area contributed by atoms with Crippen molar-refractivity contribution in [2.24, 2.45) is 16.6 Å². The van der Waals surface area contributed by atoms with E-state index < -0.39 is 0 Å². The molecule has 0 aliphatic heterocycles. The van der Waals surface area contributed by atoms with Crippen LogP contribution in [0.15, 0.2) is 46.3 Å². The molecule has 2 rings (SSSR count). The molecule has 0 heterocycles. The van der Waals surface area contributed by atoms with Gasteiger partial charge in [-0.2, -0.15) is 0 Å². The van der Waals surface area contributed by atoms with Crippen LogP contribution in [0.3, 0.4) is 0 Å². The maximum absolute atomic E-state index is 6.39. The van der Waals surface area contributed by atoms with Crippen LogP contribution in [0.4, 0.5) is 17.1 Å². The Labute approximate surface area is 228 Å². The largest absolute Gasteiger partial charge is 1.00 e. The molecule has 0 saturated carbocycles. The number of hydrogen-bond donors (Lipinski definition) is 2. The SMILES string of the molecule is C[N-]c1cc(OCCC(C)C)ccc1C(N)=Nc1cc(SNC)ccc1N(C)C.[K+]. The Hall–Kier alpha value is -0.744. The second kappa shape index (κ2) is 13.6. The van der Waals surface area contributed by atoms with Crippen molar-refractivity contribution in [2.45, 2.75) is 25.2 Å². The molecule has 0 spiro atoms. The third kappa shape index (κ3) is 8.07. The molecule has 0 radical (unpaired) electrons. The zero-order valence-corrected chi connectivity index (χ0v) is 23.1. The number of nitrogens with one attached hydrogen (secondary N) is 1. The summed E-state index contributed by atoms with van der Waals surface area (Å²) in [5, 5.41) is 4.38. The van der Waals surface area contributed by atoms with E-state index in [1.54, 1.807) is 7.05 Å². The van der Waals surface area contributed by atoms with Crippen molar-refractivity contribution in [3.63, 3.8) is 0 Å². The first-order chi connectivity index (χ1) is 13.8. The van der Waals surface area contributed by atoms with Gasteiger partial charge in [-0.25, -0.2) is 4.99 Å². The van der Waals surface area contributed by atoms with Crippen molar-refractivity contribution in [3.8, 4) is 5.75 Å². The standard InChI is InChI=1S/C22H32N5OS.K/c1-15(2)11-12-28-16-7-9-18(19(13-16)24-3)22(23)26-20-14-17(29-25-4)8-10-21(20)27(5)6;/h7-10,13-15,25H,11-12H2,1-6H3,(H2,23,26);/q-1;+1. The Balaban J connectivity index is 0.00000450. The van der Waals surface area contributed by atoms with Gasteiger partial charge in [0.05, 0.1) is 18.0 Å². The minimum atomic E-state index is 0. The summed E-state index contributed by atoms with van der Waals surface area (Å²) in [5.41, 5.74) is 9.76. The summed E-state index contributed by atoms with van der Waals surface area (Å²) in [7, 11) is 7.62. The number of amidine groups is 1. The fraction of sp³-hybridized carbons (Fsp3) is 0.409. The smallest absolute Gasteiger partial charge is 0.686 e. The van der Waals surface area contributed by atoms with Crippen LogP contribution in [-0.4, -0.2) is 40.6 Å². The number of benzene rings is 2. The molecule has 2 aromatic rings. The second-order valence-electron chi connectivity index (χ2n) is 7.28. The average molecular weight is 454 g/mol. The summed E-state index contributed by atoms with van der Waals surface area (Å²) in [6, 6.07) is 11.9. The van der Waals surface area contributed by atoms with Crippen LogP contribution in [0.5, 0.6) is 5.75 Å². The molecular weight excluding hydrogens is 421 g/mol. The minimum absolute atomic E-state index is 0. The zero-order valence-electron chi connectivity index (χ0n) is 19.2. The maximum Gasteiger partial charge on any atom is 1.00 e. The van der Waals surface area contributed by atoms with Gasteiger partial charge in [0, 0.05) is 24.6 Å². The predicted molar refractivity (Wildman–Crippen MR) is 126 cm³/mol. The van der Waals surface area contributed by atoms with E-state index in [4.69, 9.17) is 15.5 Å². The van der Waals surface area contributed by atoms with Crippen LogP contribution >= 0.6 is 11.9 Å². The number of nitrogens with zero attached hydrogens (tertiary/aromatic N) is 3. The molecule has 0 bridgehead atoms. The van der Waals surface area contributed by atoms with Crippen LogP contribution in [0.1, 0.15) is 25.8 Å². The number of aliphatic imine (C=N–C) groups is 1. The van der Waals surface area contributed by atoms with Gasteiger partial charge in [-0.1, -0.05) is 13.8 Å². The van der Waals surface area contributed by atoms with Crippen LogP contribution in [0.2, 0.25) is 0 Å². The molecule has 8 heteroatoms. The number of ether oxygens (including phenoxy) is 1. The molecule has 0 unspecified atom stereocenters. The second-order valence-corrected chi connectivity index (χ2v) is 8.37. The molecule has 30 heavy (non-hydrogen) atoms. The summed E-state index contributed by atoms with van der Waals surface area (Å²) in [6.07, 6.45) is 1.01. The molecule has 0 amide bonds. The van der Waals surface area contributed by atoms with Gasteiger partial charge in [0.25, 0.3) is 0 Å². The normalized spacial score (nSPS) is 11.2. The first kappa shape index (κ1) is 27.3. The summed E-state index contributed by atoms with van der Waals surface area (Å²) in [6.45, 7) is 5.05. The topological polar surface area (TPSA) is 77.0 Å². The third-order valence-corrected chi connectivity index (χ3v) is 5.03. The van der Waals surface area contributed by atoms with E-state index in [1.807, 2.05) is 56.4 Å². The predicted octanol–water partition coefficient (Wildman–Crippen LogP) is 2.08. The summed E-state index contributed by atoms with van der Waals surface area (Å²) in [5.74, 6) is 1.83. The van der Waals surface area contributed by atoms with E-state index in [1.165, 1.54) is 11.9 Å². The van der Waals surface area contributed by atoms with E-state index >= 15 is 0 Å². The Morgan fingerprint density at radius 2 is 1.97 bits per heavy atom. The van der Waals surface area contributed by atoms with Gasteiger partial charge in [-0.15, -0.1) is 12.7 Å². The van der Waals surface area contributed by atoms with Crippen molar-refractivity contribution in [1.29, 1.82) is 0 Å². The van der Waals surface area contributed by atoms with Gasteiger partial charge in [0.1, 0.15) is 11.6 Å². The van der Waals surface area contributed by atoms with Gasteiger partial charge in [-0.05, 0) is 67.7 Å². The fourth-order valence-corrected chi connectivity index (χ4v) is 3.30. The number of rotatable bonds is 10. The molecule has 6 nitrogen and oxygen atoms in total. The van der Waals surface area contributed by atoms with Gasteiger partial charge in [-0.3, -0.25) is 4.72 Å². The molecule has 0 saturated heterocycles. The number of hydrogen-bond acceptors (Lipinski definition) is 5. The van der Waals surface area contributed by atoms with Crippen molar-refractivity contribution >= 4 is 34.8 Å². The van der Waals surface area contributed by atoms with Gasteiger partial charge in [0.15, 0.2) is 0 Å². The molecular formula is C22H32KN5OS. The van der Waals surface area contributed by atoms with E-state index in [0.29, 0.717) is 18.4 Å². The van der Waals surface area contributed by atoms with E-state index in [2.05, 4.69) is 30.0 Å². The van der Waals surface area contributed by atoms with Crippen LogP contribution in [-0.2, 0) is 0 Å². The zero-order chi connectivity index (χ0) is 21.4.